The lowest BCUT2D eigenvalue weighted by Gasteiger charge is -2.34. The minimum Gasteiger partial charge on any atom is -0.494 e. The van der Waals surface area contributed by atoms with Gasteiger partial charge in [0.2, 0.25) is 11.8 Å². The molecule has 1 aromatic heterocycles. The second-order valence-electron chi connectivity index (χ2n) is 14.1. The molecule has 3 amide bonds. The number of hydrogen-bond acceptors (Lipinski definition) is 11. The zero-order chi connectivity index (χ0) is 39.6. The molecule has 0 aliphatic carbocycles. The maximum Gasteiger partial charge on any atom is 0.419 e. The second kappa shape index (κ2) is 16.4. The summed E-state index contributed by atoms with van der Waals surface area (Å²) in [6.07, 6.45) is -1.28. The molecule has 0 spiro atoms. The summed E-state index contributed by atoms with van der Waals surface area (Å²) in [5.41, 5.74) is 4.01. The van der Waals surface area contributed by atoms with Crippen molar-refractivity contribution in [3.8, 4) is 5.75 Å². The van der Waals surface area contributed by atoms with Crippen molar-refractivity contribution in [3.05, 3.63) is 101 Å². The van der Waals surface area contributed by atoms with Crippen molar-refractivity contribution in [2.24, 2.45) is 0 Å². The minimum atomic E-state index is -4.70. The van der Waals surface area contributed by atoms with Gasteiger partial charge in [-0.3, -0.25) is 24.6 Å². The number of carbonyl (C=O) groups excluding carboxylic acids is 3. The summed E-state index contributed by atoms with van der Waals surface area (Å²) in [7, 11) is 2.98. The maximum atomic E-state index is 14.0. The van der Waals surface area contributed by atoms with Gasteiger partial charge in [0.05, 0.1) is 46.7 Å². The average Bonchev–Trinajstić information content (AvgIpc) is 3.51. The number of aromatic nitrogens is 1. The summed E-state index contributed by atoms with van der Waals surface area (Å²) in [5, 5.41) is 14.3. The molecule has 7 rings (SSSR count). The number of alkyl halides is 3. The zero-order valence-electron chi connectivity index (χ0n) is 30.9. The van der Waals surface area contributed by atoms with Gasteiger partial charge in [-0.25, -0.2) is 4.98 Å². The van der Waals surface area contributed by atoms with E-state index in [2.05, 4.69) is 59.6 Å². The molecule has 5 N–H and O–H groups in total. The van der Waals surface area contributed by atoms with Gasteiger partial charge in [-0.05, 0) is 60.2 Å². The number of nitrogens with one attached hydrogen (secondary N) is 5. The summed E-state index contributed by atoms with van der Waals surface area (Å²) >= 11 is 4.86. The van der Waals surface area contributed by atoms with E-state index in [1.54, 1.807) is 12.1 Å². The molecule has 12 nitrogen and oxygen atoms in total. The van der Waals surface area contributed by atoms with Gasteiger partial charge in [-0.2, -0.15) is 25.8 Å². The van der Waals surface area contributed by atoms with E-state index < -0.39 is 17.6 Å². The number of hydrogen-bond donors (Lipinski definition) is 6. The number of anilines is 5. The minimum absolute atomic E-state index is 0.149. The number of fused-ring (bicyclic) bond motifs is 1. The van der Waals surface area contributed by atoms with E-state index in [1.807, 2.05) is 18.2 Å². The maximum absolute atomic E-state index is 14.0. The molecular formula is C40H43F3N8O4S. The van der Waals surface area contributed by atoms with Crippen molar-refractivity contribution in [2.45, 2.75) is 62.4 Å². The highest BCUT2D eigenvalue weighted by Crippen LogP contribution is 2.41. The number of halogens is 3. The Morgan fingerprint density at radius 1 is 0.982 bits per heavy atom. The number of pyridine rings is 1. The van der Waals surface area contributed by atoms with Crippen LogP contribution < -0.4 is 36.2 Å². The van der Waals surface area contributed by atoms with E-state index in [0.29, 0.717) is 43.4 Å². The normalized spacial score (nSPS) is 19.0. The van der Waals surface area contributed by atoms with Crippen LogP contribution in [0.2, 0.25) is 0 Å². The number of carbonyl (C=O) groups is 3. The van der Waals surface area contributed by atoms with Gasteiger partial charge < -0.3 is 30.9 Å². The molecule has 4 aromatic rings. The molecule has 2 atom stereocenters. The summed E-state index contributed by atoms with van der Waals surface area (Å²) < 4.78 is 47.8. The molecule has 2 saturated heterocycles. The third-order valence-corrected chi connectivity index (χ3v) is 11.1. The fourth-order valence-electron chi connectivity index (χ4n) is 7.52. The number of imide groups is 1. The van der Waals surface area contributed by atoms with Crippen LogP contribution in [0.25, 0.3) is 0 Å². The van der Waals surface area contributed by atoms with E-state index in [0.717, 1.165) is 54.5 Å². The number of rotatable bonds is 11. The summed E-state index contributed by atoms with van der Waals surface area (Å²) in [6, 6.07) is 19.5. The Hall–Kier alpha value is -5.32. The fraction of sp³-hybridized carbons (Fsp3) is 0.350. The van der Waals surface area contributed by atoms with Crippen LogP contribution in [0.3, 0.4) is 0 Å². The van der Waals surface area contributed by atoms with Crippen molar-refractivity contribution in [2.75, 3.05) is 42.8 Å². The van der Waals surface area contributed by atoms with Gasteiger partial charge >= 0.3 is 6.18 Å². The Balaban J connectivity index is 0.965. The molecular weight excluding hydrogens is 746 g/mol. The highest BCUT2D eigenvalue weighted by molar-refractivity contribution is 7.80. The van der Waals surface area contributed by atoms with Gasteiger partial charge in [-0.15, -0.1) is 0 Å². The summed E-state index contributed by atoms with van der Waals surface area (Å²) in [4.78, 5) is 44.9. The number of benzene rings is 3. The van der Waals surface area contributed by atoms with Crippen molar-refractivity contribution in [3.63, 3.8) is 0 Å². The SMILES string of the molecule is CNC(=O)c1ccccc1Nc1cc(Nc2ccc(N3CCC(NCc4ccc5c(c4)C(S)N(C4CCC(=O)NC4=O)C5)CC3)cc2OC)ncc1C(F)(F)F. The van der Waals surface area contributed by atoms with Crippen molar-refractivity contribution < 1.29 is 32.3 Å². The zero-order valence-corrected chi connectivity index (χ0v) is 31.8. The lowest BCUT2D eigenvalue weighted by Crippen LogP contribution is -2.51. The van der Waals surface area contributed by atoms with Crippen molar-refractivity contribution >= 4 is 58.9 Å². The molecule has 2 fully saturated rings. The molecule has 0 saturated carbocycles. The average molecular weight is 789 g/mol. The van der Waals surface area contributed by atoms with Crippen LogP contribution in [-0.4, -0.2) is 66.9 Å². The van der Waals surface area contributed by atoms with E-state index in [-0.39, 0.29) is 46.0 Å². The Morgan fingerprint density at radius 2 is 1.77 bits per heavy atom. The largest absolute Gasteiger partial charge is 0.494 e. The number of methoxy groups -OCH3 is 1. The summed E-state index contributed by atoms with van der Waals surface area (Å²) in [5.74, 6) is -0.276. The highest BCUT2D eigenvalue weighted by atomic mass is 32.1. The first kappa shape index (κ1) is 38.9. The van der Waals surface area contributed by atoms with Crippen LogP contribution in [0.15, 0.2) is 72.9 Å². The van der Waals surface area contributed by atoms with E-state index in [1.165, 1.54) is 32.4 Å². The lowest BCUT2D eigenvalue weighted by atomic mass is 10.0. The van der Waals surface area contributed by atoms with Crippen LogP contribution in [0, 0.1) is 0 Å². The molecule has 0 bridgehead atoms. The number of amides is 3. The lowest BCUT2D eigenvalue weighted by molar-refractivity contribution is -0.138. The molecule has 16 heteroatoms. The number of ether oxygens (including phenoxy) is 1. The highest BCUT2D eigenvalue weighted by Gasteiger charge is 2.39. The monoisotopic (exact) mass is 788 g/mol. The third kappa shape index (κ3) is 8.41. The van der Waals surface area contributed by atoms with E-state index in [4.69, 9.17) is 17.4 Å². The Bertz CT molecular complexity index is 2130. The van der Waals surface area contributed by atoms with Crippen molar-refractivity contribution in [1.82, 2.24) is 25.8 Å². The van der Waals surface area contributed by atoms with Crippen LogP contribution in [0.4, 0.5) is 41.7 Å². The molecule has 3 aliphatic heterocycles. The fourth-order valence-corrected chi connectivity index (χ4v) is 8.01. The second-order valence-corrected chi connectivity index (χ2v) is 14.5. The van der Waals surface area contributed by atoms with Gasteiger partial charge in [0.15, 0.2) is 0 Å². The predicted octanol–water partition coefficient (Wildman–Crippen LogP) is 6.26. The molecule has 3 aromatic carbocycles. The standard InChI is InChI=1S/C40H43F3N8O4S/c1-44-37(53)27-5-3-4-6-30(27)47-32-19-35(46-21-29(32)40(41,42)43)48-31-10-9-26(18-34(31)55-2)50-15-13-25(14-16-50)45-20-23-7-8-24-22-51(39(56)28(24)17-23)33-11-12-36(52)49-38(33)54/h3-10,17-19,21,25,33,39,45,56H,11-16,20,22H2,1-2H3,(H,44,53)(H2,46,47,48)(H,49,52,54). The quantitative estimate of drug-likeness (QED) is 0.0763. The van der Waals surface area contributed by atoms with Crippen molar-refractivity contribution in [1.29, 1.82) is 0 Å². The smallest absolute Gasteiger partial charge is 0.419 e. The number of nitrogens with zero attached hydrogens (tertiary/aromatic N) is 3. The van der Waals surface area contributed by atoms with E-state index >= 15 is 0 Å². The summed E-state index contributed by atoms with van der Waals surface area (Å²) in [6.45, 7) is 2.93. The Kier molecular flexibility index (Phi) is 11.4. The third-order valence-electron chi connectivity index (χ3n) is 10.5. The molecule has 0 radical (unpaired) electrons. The first-order valence-corrected chi connectivity index (χ1v) is 18.9. The van der Waals surface area contributed by atoms with E-state index in [9.17, 15) is 27.6 Å². The Labute approximate surface area is 328 Å². The molecule has 4 heterocycles. The first-order chi connectivity index (χ1) is 26.9. The predicted molar refractivity (Wildman–Crippen MR) is 211 cm³/mol. The van der Waals surface area contributed by atoms with Crippen LogP contribution in [-0.2, 0) is 28.9 Å². The topological polar surface area (TPSA) is 140 Å². The van der Waals surface area contributed by atoms with Gasteiger partial charge in [0, 0.05) is 69.7 Å². The number of piperidine rings is 2. The number of para-hydroxylation sites is 1. The molecule has 2 unspecified atom stereocenters. The van der Waals surface area contributed by atoms with Gasteiger partial charge in [-0.1, -0.05) is 30.3 Å². The Morgan fingerprint density at radius 3 is 2.50 bits per heavy atom. The van der Waals surface area contributed by atoms with Gasteiger partial charge in [0.25, 0.3) is 5.91 Å². The van der Waals surface area contributed by atoms with Crippen LogP contribution in [0.1, 0.15) is 63.7 Å². The molecule has 3 aliphatic rings. The first-order valence-electron chi connectivity index (χ1n) is 18.4. The van der Waals surface area contributed by atoms with Crippen LogP contribution in [0.5, 0.6) is 5.75 Å². The van der Waals surface area contributed by atoms with Gasteiger partial charge in [0.1, 0.15) is 11.6 Å². The molecule has 56 heavy (non-hydrogen) atoms. The molecule has 294 valence electrons. The van der Waals surface area contributed by atoms with Crippen LogP contribution >= 0.6 is 12.6 Å². The number of thiol groups is 1.